The smallest absolute Gasteiger partial charge is 0.191 e. The molecule has 2 N–H and O–H groups in total. The fourth-order valence-electron chi connectivity index (χ4n) is 2.73. The number of aromatic nitrogens is 1. The van der Waals surface area contributed by atoms with Gasteiger partial charge in [-0.3, -0.25) is 0 Å². The Kier molecular flexibility index (Phi) is 11.6. The van der Waals surface area contributed by atoms with Crippen molar-refractivity contribution in [1.82, 2.24) is 15.6 Å². The van der Waals surface area contributed by atoms with E-state index in [1.165, 1.54) is 37.0 Å². The molecule has 1 saturated carbocycles. The number of aliphatic imine (C=N–C) groups is 1. The van der Waals surface area contributed by atoms with Gasteiger partial charge >= 0.3 is 0 Å². The van der Waals surface area contributed by atoms with Gasteiger partial charge in [0.25, 0.3) is 0 Å². The van der Waals surface area contributed by atoms with Crippen molar-refractivity contribution in [3.8, 4) is 0 Å². The minimum atomic E-state index is 0. The molecule has 1 aromatic rings. The van der Waals surface area contributed by atoms with Crippen LogP contribution in [0.2, 0.25) is 0 Å². The normalized spacial score (nSPS) is 15.8. The molecule has 2 rings (SSSR count). The number of ether oxygens (including phenoxy) is 1. The maximum absolute atomic E-state index is 5.95. The van der Waals surface area contributed by atoms with Gasteiger partial charge in [0.05, 0.1) is 23.9 Å². The quantitative estimate of drug-likeness (QED) is 0.264. The third kappa shape index (κ3) is 8.11. The summed E-state index contributed by atoms with van der Waals surface area (Å²) in [6.45, 7) is 7.40. The van der Waals surface area contributed by atoms with E-state index < -0.39 is 0 Å². The number of nitrogens with zero attached hydrogens (tertiary/aromatic N) is 2. The third-order valence-corrected chi connectivity index (χ3v) is 5.01. The Morgan fingerprint density at radius 3 is 2.79 bits per heavy atom. The summed E-state index contributed by atoms with van der Waals surface area (Å²) in [5.41, 5.74) is 2.96. The van der Waals surface area contributed by atoms with Crippen molar-refractivity contribution in [3.63, 3.8) is 0 Å². The monoisotopic (exact) mass is 466 g/mol. The Morgan fingerprint density at radius 1 is 1.33 bits per heavy atom. The van der Waals surface area contributed by atoms with Gasteiger partial charge in [-0.05, 0) is 33.1 Å². The molecule has 0 saturated heterocycles. The lowest BCUT2D eigenvalue weighted by atomic mass is 9.98. The molecule has 5 nitrogen and oxygen atoms in total. The topological polar surface area (TPSA) is 58.5 Å². The second kappa shape index (κ2) is 12.9. The van der Waals surface area contributed by atoms with Crippen LogP contribution in [-0.4, -0.2) is 36.7 Å². The van der Waals surface area contributed by atoms with Crippen LogP contribution in [0.4, 0.5) is 0 Å². The Labute approximate surface area is 167 Å². The van der Waals surface area contributed by atoms with E-state index in [1.807, 2.05) is 12.4 Å². The zero-order valence-corrected chi connectivity index (χ0v) is 18.0. The van der Waals surface area contributed by atoms with Gasteiger partial charge in [0.15, 0.2) is 5.96 Å². The zero-order valence-electron chi connectivity index (χ0n) is 14.8. The van der Waals surface area contributed by atoms with Crippen molar-refractivity contribution >= 4 is 41.3 Å². The average molecular weight is 466 g/mol. The Morgan fingerprint density at radius 2 is 2.12 bits per heavy atom. The number of hydrogen-bond donors (Lipinski definition) is 2. The van der Waals surface area contributed by atoms with Crippen molar-refractivity contribution in [2.24, 2.45) is 4.99 Å². The van der Waals surface area contributed by atoms with Gasteiger partial charge in [0.2, 0.25) is 0 Å². The molecule has 1 aliphatic carbocycles. The molecule has 1 aromatic heterocycles. The van der Waals surface area contributed by atoms with E-state index in [2.05, 4.69) is 27.5 Å². The first-order valence-electron chi connectivity index (χ1n) is 8.82. The van der Waals surface area contributed by atoms with E-state index in [1.54, 1.807) is 11.3 Å². The maximum atomic E-state index is 5.95. The maximum Gasteiger partial charge on any atom is 0.191 e. The van der Waals surface area contributed by atoms with E-state index in [0.29, 0.717) is 12.6 Å². The van der Waals surface area contributed by atoms with Crippen molar-refractivity contribution in [1.29, 1.82) is 0 Å². The van der Waals surface area contributed by atoms with E-state index in [-0.39, 0.29) is 24.0 Å². The van der Waals surface area contributed by atoms with E-state index in [9.17, 15) is 0 Å². The molecular weight excluding hydrogens is 435 g/mol. The molecule has 1 heterocycles. The highest BCUT2D eigenvalue weighted by Gasteiger charge is 2.12. The highest BCUT2D eigenvalue weighted by atomic mass is 127. The Bertz CT molecular complexity index is 475. The number of hydrogen-bond acceptors (Lipinski definition) is 4. The molecule has 0 radical (unpaired) electrons. The summed E-state index contributed by atoms with van der Waals surface area (Å²) in [6.07, 6.45) is 8.04. The second-order valence-electron chi connectivity index (χ2n) is 5.97. The van der Waals surface area contributed by atoms with Gasteiger partial charge in [-0.1, -0.05) is 19.3 Å². The Hall–Kier alpha value is -0.410. The van der Waals surface area contributed by atoms with Crippen LogP contribution in [0.1, 0.15) is 56.0 Å². The summed E-state index contributed by atoms with van der Waals surface area (Å²) in [5.74, 6) is 0.873. The first-order valence-corrected chi connectivity index (χ1v) is 9.70. The first kappa shape index (κ1) is 21.6. The van der Waals surface area contributed by atoms with Crippen molar-refractivity contribution in [3.05, 3.63) is 16.1 Å². The summed E-state index contributed by atoms with van der Waals surface area (Å²) in [5, 5.41) is 6.67. The molecule has 7 heteroatoms. The number of rotatable bonds is 8. The molecule has 0 spiro atoms. The minimum absolute atomic E-state index is 0. The lowest BCUT2D eigenvalue weighted by Crippen LogP contribution is -2.38. The van der Waals surface area contributed by atoms with Gasteiger partial charge in [-0.2, -0.15) is 0 Å². The summed E-state index contributed by atoms with van der Waals surface area (Å²) < 4.78 is 5.95. The second-order valence-corrected chi connectivity index (χ2v) is 6.91. The van der Waals surface area contributed by atoms with Gasteiger partial charge < -0.3 is 15.4 Å². The molecule has 0 bridgehead atoms. The van der Waals surface area contributed by atoms with Crippen LogP contribution in [0.15, 0.2) is 10.5 Å². The van der Waals surface area contributed by atoms with Gasteiger partial charge in [0.1, 0.15) is 0 Å². The molecule has 1 aliphatic rings. The van der Waals surface area contributed by atoms with Crippen LogP contribution >= 0.6 is 35.3 Å². The van der Waals surface area contributed by atoms with Crippen molar-refractivity contribution in [2.45, 2.75) is 65.0 Å². The Balaban J connectivity index is 0.00000288. The largest absolute Gasteiger partial charge is 0.378 e. The van der Waals surface area contributed by atoms with Gasteiger partial charge in [-0.15, -0.1) is 35.3 Å². The number of halogens is 1. The number of aryl methyl sites for hydroxylation is 1. The molecule has 0 unspecified atom stereocenters. The average Bonchev–Trinajstić information content (AvgIpc) is 2.98. The fraction of sp³-hybridized carbons (Fsp3) is 0.765. The van der Waals surface area contributed by atoms with Crippen LogP contribution in [0, 0.1) is 6.92 Å². The molecule has 0 aromatic carbocycles. The summed E-state index contributed by atoms with van der Waals surface area (Å²) in [6, 6.07) is 0. The molecule has 0 amide bonds. The number of nitrogens with one attached hydrogen (secondary N) is 2. The fourth-order valence-corrected chi connectivity index (χ4v) is 3.43. The van der Waals surface area contributed by atoms with Gasteiger partial charge in [0, 0.05) is 24.6 Å². The van der Waals surface area contributed by atoms with Crippen LogP contribution in [0.3, 0.4) is 0 Å². The molecule has 24 heavy (non-hydrogen) atoms. The van der Waals surface area contributed by atoms with Crippen LogP contribution in [0.5, 0.6) is 0 Å². The van der Waals surface area contributed by atoms with Crippen LogP contribution in [0.25, 0.3) is 0 Å². The summed E-state index contributed by atoms with van der Waals surface area (Å²) >= 11 is 1.66. The predicted molar refractivity (Wildman–Crippen MR) is 113 cm³/mol. The van der Waals surface area contributed by atoms with E-state index in [4.69, 9.17) is 4.74 Å². The standard InChI is InChI=1S/C17H30N4OS.HI/c1-3-18-17(20-12-16-14(2)21-13-23-16)19-10-7-11-22-15-8-5-4-6-9-15;/h13,15H,3-12H2,1-2H3,(H2,18,19,20);1H. The van der Waals surface area contributed by atoms with Gasteiger partial charge in [-0.25, -0.2) is 9.98 Å². The summed E-state index contributed by atoms with van der Waals surface area (Å²) in [4.78, 5) is 10.1. The SMILES string of the molecule is CCNC(=NCc1scnc1C)NCCCOC1CCCCC1.I. The molecule has 138 valence electrons. The zero-order chi connectivity index (χ0) is 16.3. The minimum Gasteiger partial charge on any atom is -0.378 e. The van der Waals surface area contributed by atoms with Crippen molar-refractivity contribution < 1.29 is 4.74 Å². The molecule has 1 fully saturated rings. The lowest BCUT2D eigenvalue weighted by molar-refractivity contribution is 0.0277. The predicted octanol–water partition coefficient (Wildman–Crippen LogP) is 3.86. The van der Waals surface area contributed by atoms with E-state index in [0.717, 1.165) is 37.8 Å². The molecule has 0 atom stereocenters. The first-order chi connectivity index (χ1) is 11.3. The highest BCUT2D eigenvalue weighted by Crippen LogP contribution is 2.20. The van der Waals surface area contributed by atoms with Crippen LogP contribution < -0.4 is 10.6 Å². The molecular formula is C17H31IN4OS. The lowest BCUT2D eigenvalue weighted by Gasteiger charge is -2.22. The number of thiazole rings is 1. The van der Waals surface area contributed by atoms with Crippen molar-refractivity contribution in [2.75, 3.05) is 19.7 Å². The number of guanidine groups is 1. The molecule has 0 aliphatic heterocycles. The third-order valence-electron chi connectivity index (χ3n) is 4.09. The summed E-state index contributed by atoms with van der Waals surface area (Å²) in [7, 11) is 0. The van der Waals surface area contributed by atoms with E-state index >= 15 is 0 Å². The van der Waals surface area contributed by atoms with Crippen LogP contribution in [-0.2, 0) is 11.3 Å². The highest BCUT2D eigenvalue weighted by molar-refractivity contribution is 14.0.